The maximum absolute atomic E-state index is 12.8. The molecule has 1 aliphatic rings. The SMILES string of the molecule is CNc1nc(OCCOC)c(C(=O)N[C@H]2CC[C@H](C(F)(F)F)CC2)cc1N. The molecule has 7 nitrogen and oxygen atoms in total. The van der Waals surface area contributed by atoms with Gasteiger partial charge in [0.1, 0.15) is 12.2 Å². The highest BCUT2D eigenvalue weighted by Gasteiger charge is 2.41. The van der Waals surface area contributed by atoms with Gasteiger partial charge >= 0.3 is 6.18 Å². The van der Waals surface area contributed by atoms with Crippen LogP contribution in [0.15, 0.2) is 6.07 Å². The van der Waals surface area contributed by atoms with Crippen LogP contribution in [0.5, 0.6) is 5.88 Å². The standard InChI is InChI=1S/C17H25F3N4O3/c1-22-14-13(21)9-12(16(24-14)27-8-7-26-2)15(25)23-11-5-3-10(4-6-11)17(18,19)20/h9-11H,3-8,21H2,1-2H3,(H,22,24)(H,23,25)/t10-,11-. The van der Waals surface area contributed by atoms with Gasteiger partial charge in [0.2, 0.25) is 5.88 Å². The molecule has 0 radical (unpaired) electrons. The third kappa shape index (κ3) is 5.62. The predicted molar refractivity (Wildman–Crippen MR) is 94.8 cm³/mol. The van der Waals surface area contributed by atoms with Crippen LogP contribution < -0.4 is 21.1 Å². The van der Waals surface area contributed by atoms with E-state index in [4.69, 9.17) is 15.2 Å². The number of rotatable bonds is 7. The van der Waals surface area contributed by atoms with Crippen molar-refractivity contribution in [1.82, 2.24) is 10.3 Å². The number of nitrogens with two attached hydrogens (primary N) is 1. The van der Waals surface area contributed by atoms with Crippen LogP contribution in [-0.2, 0) is 4.74 Å². The lowest BCUT2D eigenvalue weighted by Crippen LogP contribution is -2.40. The molecule has 2 rings (SSSR count). The van der Waals surface area contributed by atoms with Crippen molar-refractivity contribution in [3.8, 4) is 5.88 Å². The van der Waals surface area contributed by atoms with Gasteiger partial charge in [-0.05, 0) is 31.7 Å². The summed E-state index contributed by atoms with van der Waals surface area (Å²) in [6.07, 6.45) is -3.63. The van der Waals surface area contributed by atoms with Crippen molar-refractivity contribution in [3.63, 3.8) is 0 Å². The van der Waals surface area contributed by atoms with Crippen LogP contribution in [0, 0.1) is 5.92 Å². The third-order valence-electron chi connectivity index (χ3n) is 4.55. The molecule has 0 aromatic carbocycles. The number of amides is 1. The lowest BCUT2D eigenvalue weighted by atomic mass is 9.85. The fraction of sp³-hybridized carbons (Fsp3) is 0.647. The minimum atomic E-state index is -4.18. The highest BCUT2D eigenvalue weighted by atomic mass is 19.4. The molecule has 10 heteroatoms. The molecular formula is C17H25F3N4O3. The number of aromatic nitrogens is 1. The van der Waals surface area contributed by atoms with E-state index < -0.39 is 18.0 Å². The van der Waals surface area contributed by atoms with E-state index in [1.165, 1.54) is 13.2 Å². The molecule has 0 bridgehead atoms. The zero-order valence-corrected chi connectivity index (χ0v) is 15.4. The second-order valence-corrected chi connectivity index (χ2v) is 6.43. The molecule has 1 aromatic heterocycles. The molecule has 0 atom stereocenters. The molecule has 27 heavy (non-hydrogen) atoms. The van der Waals surface area contributed by atoms with Gasteiger partial charge in [-0.2, -0.15) is 18.2 Å². The van der Waals surface area contributed by atoms with Crippen molar-refractivity contribution in [2.24, 2.45) is 5.92 Å². The first-order chi connectivity index (χ1) is 12.8. The lowest BCUT2D eigenvalue weighted by Gasteiger charge is -2.30. The van der Waals surface area contributed by atoms with E-state index in [0.29, 0.717) is 12.4 Å². The van der Waals surface area contributed by atoms with Gasteiger partial charge in [-0.25, -0.2) is 0 Å². The van der Waals surface area contributed by atoms with Gasteiger partial charge in [-0.1, -0.05) is 0 Å². The molecule has 0 unspecified atom stereocenters. The van der Waals surface area contributed by atoms with Gasteiger partial charge < -0.3 is 25.8 Å². The number of pyridine rings is 1. The highest BCUT2D eigenvalue weighted by Crippen LogP contribution is 2.37. The van der Waals surface area contributed by atoms with E-state index in [-0.39, 0.29) is 55.5 Å². The van der Waals surface area contributed by atoms with Crippen LogP contribution in [-0.4, -0.2) is 50.5 Å². The summed E-state index contributed by atoms with van der Waals surface area (Å²) in [4.78, 5) is 16.8. The predicted octanol–water partition coefficient (Wildman–Crippen LogP) is 2.58. The van der Waals surface area contributed by atoms with Crippen molar-refractivity contribution in [2.45, 2.75) is 37.9 Å². The van der Waals surface area contributed by atoms with Crippen LogP contribution in [0.4, 0.5) is 24.7 Å². The molecule has 0 saturated heterocycles. The number of nitrogen functional groups attached to an aromatic ring is 1. The van der Waals surface area contributed by atoms with Gasteiger partial charge in [0.15, 0.2) is 5.82 Å². The second kappa shape index (κ2) is 9.12. The fourth-order valence-electron chi connectivity index (χ4n) is 3.03. The summed E-state index contributed by atoms with van der Waals surface area (Å²) in [5, 5.41) is 5.58. The fourth-order valence-corrected chi connectivity index (χ4v) is 3.03. The number of hydrogen-bond acceptors (Lipinski definition) is 6. The molecule has 0 spiro atoms. The number of hydrogen-bond donors (Lipinski definition) is 3. The average Bonchev–Trinajstić information content (AvgIpc) is 2.62. The zero-order chi connectivity index (χ0) is 20.0. The second-order valence-electron chi connectivity index (χ2n) is 6.43. The number of nitrogens with zero attached hydrogens (tertiary/aromatic N) is 1. The Kier molecular flexibility index (Phi) is 7.11. The Bertz CT molecular complexity index is 647. The van der Waals surface area contributed by atoms with Crippen LogP contribution in [0.1, 0.15) is 36.0 Å². The summed E-state index contributed by atoms with van der Waals surface area (Å²) in [5.41, 5.74) is 6.29. The number of carbonyl (C=O) groups excluding carboxylic acids is 1. The molecule has 4 N–H and O–H groups in total. The molecule has 1 heterocycles. The molecule has 1 aromatic rings. The van der Waals surface area contributed by atoms with E-state index in [2.05, 4.69) is 15.6 Å². The van der Waals surface area contributed by atoms with Gasteiger partial charge in [0.05, 0.1) is 18.2 Å². The first kappa shape index (κ1) is 21.1. The molecule has 0 aliphatic heterocycles. The number of alkyl halides is 3. The summed E-state index contributed by atoms with van der Waals surface area (Å²) in [7, 11) is 3.15. The van der Waals surface area contributed by atoms with Crippen LogP contribution in [0.3, 0.4) is 0 Å². The molecule has 1 amide bonds. The van der Waals surface area contributed by atoms with Crippen LogP contribution in [0.2, 0.25) is 0 Å². The maximum atomic E-state index is 12.8. The number of methoxy groups -OCH3 is 1. The topological polar surface area (TPSA) is 98.5 Å². The van der Waals surface area contributed by atoms with E-state index >= 15 is 0 Å². The Morgan fingerprint density at radius 3 is 2.52 bits per heavy atom. The molecule has 1 aliphatic carbocycles. The van der Waals surface area contributed by atoms with E-state index in [1.54, 1.807) is 7.05 Å². The Balaban J connectivity index is 2.07. The quantitative estimate of drug-likeness (QED) is 0.619. The first-order valence-corrected chi connectivity index (χ1v) is 8.73. The smallest absolute Gasteiger partial charge is 0.391 e. The first-order valence-electron chi connectivity index (χ1n) is 8.73. The van der Waals surface area contributed by atoms with Gasteiger partial charge in [0, 0.05) is 20.2 Å². The molecule has 1 fully saturated rings. The number of nitrogens with one attached hydrogen (secondary N) is 2. The van der Waals surface area contributed by atoms with E-state index in [9.17, 15) is 18.0 Å². The summed E-state index contributed by atoms with van der Waals surface area (Å²) < 4.78 is 48.7. The normalized spacial score (nSPS) is 20.2. The van der Waals surface area contributed by atoms with E-state index in [0.717, 1.165) is 0 Å². The van der Waals surface area contributed by atoms with Gasteiger partial charge in [-0.3, -0.25) is 4.79 Å². The van der Waals surface area contributed by atoms with Crippen LogP contribution >= 0.6 is 0 Å². The Morgan fingerprint density at radius 2 is 1.96 bits per heavy atom. The lowest BCUT2D eigenvalue weighted by molar-refractivity contribution is -0.182. The number of halogens is 3. The summed E-state index contributed by atoms with van der Waals surface area (Å²) >= 11 is 0. The maximum Gasteiger partial charge on any atom is 0.391 e. The largest absolute Gasteiger partial charge is 0.475 e. The van der Waals surface area contributed by atoms with Crippen molar-refractivity contribution in [1.29, 1.82) is 0 Å². The Hall–Kier alpha value is -2.23. The van der Waals surface area contributed by atoms with Crippen molar-refractivity contribution < 1.29 is 27.4 Å². The van der Waals surface area contributed by atoms with Crippen molar-refractivity contribution in [2.75, 3.05) is 38.4 Å². The highest BCUT2D eigenvalue weighted by molar-refractivity contribution is 5.98. The number of anilines is 2. The third-order valence-corrected chi connectivity index (χ3v) is 4.55. The number of ether oxygens (including phenoxy) is 2. The van der Waals surface area contributed by atoms with Gasteiger partial charge in [0.25, 0.3) is 5.91 Å². The Morgan fingerprint density at radius 1 is 1.30 bits per heavy atom. The minimum Gasteiger partial charge on any atom is -0.475 e. The monoisotopic (exact) mass is 390 g/mol. The average molecular weight is 390 g/mol. The summed E-state index contributed by atoms with van der Waals surface area (Å²) in [6.45, 7) is 0.497. The van der Waals surface area contributed by atoms with Crippen LogP contribution in [0.25, 0.3) is 0 Å². The number of carbonyl (C=O) groups is 1. The summed E-state index contributed by atoms with van der Waals surface area (Å²) in [5.74, 6) is -1.32. The van der Waals surface area contributed by atoms with Gasteiger partial charge in [-0.15, -0.1) is 0 Å². The molecular weight excluding hydrogens is 365 g/mol. The van der Waals surface area contributed by atoms with E-state index in [1.807, 2.05) is 0 Å². The summed E-state index contributed by atoms with van der Waals surface area (Å²) in [6, 6.07) is 1.12. The zero-order valence-electron chi connectivity index (χ0n) is 15.4. The molecule has 1 saturated carbocycles. The van der Waals surface area contributed by atoms with Crippen molar-refractivity contribution in [3.05, 3.63) is 11.6 Å². The Labute approximate surface area is 155 Å². The van der Waals surface area contributed by atoms with Crippen molar-refractivity contribution >= 4 is 17.4 Å². The molecule has 152 valence electrons. The minimum absolute atomic E-state index is 0.00469.